The van der Waals surface area contributed by atoms with E-state index in [0.717, 1.165) is 16.5 Å². The van der Waals surface area contributed by atoms with Gasteiger partial charge in [-0.05, 0) is 10.8 Å². The molecular formula is C18H17N3O2. The molecule has 0 fully saturated rings. The molecule has 1 aromatic heterocycles. The number of carbonyl (C=O) groups is 1. The van der Waals surface area contributed by atoms with E-state index >= 15 is 0 Å². The van der Waals surface area contributed by atoms with Crippen molar-refractivity contribution < 1.29 is 9.90 Å². The van der Waals surface area contributed by atoms with Gasteiger partial charge in [0, 0.05) is 25.6 Å². The van der Waals surface area contributed by atoms with Crippen molar-refractivity contribution in [3.05, 3.63) is 65.7 Å². The van der Waals surface area contributed by atoms with Crippen LogP contribution in [0.25, 0.3) is 10.8 Å². The number of carbonyl (C=O) groups excluding carboxylic acids is 1. The van der Waals surface area contributed by atoms with Gasteiger partial charge in [-0.1, -0.05) is 36.4 Å². The van der Waals surface area contributed by atoms with Gasteiger partial charge < -0.3 is 15.0 Å². The summed E-state index contributed by atoms with van der Waals surface area (Å²) in [5.74, 6) is -0.191. The third kappa shape index (κ3) is 1.90. The molecule has 1 atom stereocenters. The second kappa shape index (κ2) is 4.93. The number of amides is 1. The molecule has 2 aromatic carbocycles. The lowest BCUT2D eigenvalue weighted by molar-refractivity contribution is 0.0786. The molecule has 116 valence electrons. The zero-order valence-electron chi connectivity index (χ0n) is 12.8. The van der Waals surface area contributed by atoms with E-state index in [0.29, 0.717) is 24.1 Å². The smallest absolute Gasteiger partial charge is 0.252 e. The third-order valence-electron chi connectivity index (χ3n) is 4.68. The van der Waals surface area contributed by atoms with Crippen molar-refractivity contribution in [1.82, 2.24) is 14.9 Å². The van der Waals surface area contributed by atoms with Crippen molar-refractivity contribution in [1.29, 1.82) is 0 Å². The molecule has 2 heterocycles. The Morgan fingerprint density at radius 3 is 2.96 bits per heavy atom. The highest BCUT2D eigenvalue weighted by Gasteiger charge is 2.41. The molecule has 4 rings (SSSR count). The number of aromatic nitrogens is 2. The first-order valence-electron chi connectivity index (χ1n) is 7.62. The van der Waals surface area contributed by atoms with Crippen molar-refractivity contribution >= 4 is 16.7 Å². The number of fused-ring (bicyclic) bond motifs is 2. The van der Waals surface area contributed by atoms with Crippen LogP contribution in [0.5, 0.6) is 0 Å². The fraction of sp³-hybridized carbons (Fsp3) is 0.222. The molecule has 1 aliphatic rings. The van der Waals surface area contributed by atoms with Gasteiger partial charge in [0.05, 0.1) is 23.8 Å². The highest BCUT2D eigenvalue weighted by molar-refractivity contribution is 6.08. The number of rotatable bonds is 2. The molecule has 5 heteroatoms. The van der Waals surface area contributed by atoms with Crippen LogP contribution < -0.4 is 5.32 Å². The van der Waals surface area contributed by atoms with Crippen LogP contribution in [0.1, 0.15) is 28.0 Å². The van der Waals surface area contributed by atoms with Gasteiger partial charge in [0.15, 0.2) is 0 Å². The Bertz CT molecular complexity index is 916. The lowest BCUT2D eigenvalue weighted by Crippen LogP contribution is -2.30. The van der Waals surface area contributed by atoms with E-state index < -0.39 is 5.60 Å². The lowest BCUT2D eigenvalue weighted by Gasteiger charge is -2.26. The normalized spacial score (nSPS) is 19.7. The Balaban J connectivity index is 2.03. The predicted molar refractivity (Wildman–Crippen MR) is 87.2 cm³/mol. The lowest BCUT2D eigenvalue weighted by atomic mass is 9.84. The number of nitrogens with one attached hydrogen (secondary N) is 1. The molecule has 0 radical (unpaired) electrons. The Labute approximate surface area is 133 Å². The summed E-state index contributed by atoms with van der Waals surface area (Å²) in [6.07, 6.45) is 3.93. The Morgan fingerprint density at radius 2 is 2.13 bits per heavy atom. The fourth-order valence-electron chi connectivity index (χ4n) is 3.51. The van der Waals surface area contributed by atoms with Gasteiger partial charge in [-0.3, -0.25) is 4.79 Å². The summed E-state index contributed by atoms with van der Waals surface area (Å²) in [5.41, 5.74) is 0.707. The summed E-state index contributed by atoms with van der Waals surface area (Å²) >= 11 is 0. The largest absolute Gasteiger partial charge is 0.379 e. The number of hydrogen-bond donors (Lipinski definition) is 2. The number of aliphatic hydroxyl groups is 1. The minimum atomic E-state index is -1.19. The van der Waals surface area contributed by atoms with Crippen molar-refractivity contribution in [3.8, 4) is 0 Å². The van der Waals surface area contributed by atoms with Crippen LogP contribution in [-0.4, -0.2) is 27.6 Å². The summed E-state index contributed by atoms with van der Waals surface area (Å²) in [6, 6.07) is 11.5. The molecular weight excluding hydrogens is 290 g/mol. The maximum absolute atomic E-state index is 12.6. The molecule has 0 spiro atoms. The molecule has 0 saturated heterocycles. The summed E-state index contributed by atoms with van der Waals surface area (Å²) < 4.78 is 1.93. The second-order valence-corrected chi connectivity index (χ2v) is 5.87. The number of hydrogen-bond acceptors (Lipinski definition) is 3. The highest BCUT2D eigenvalue weighted by atomic mass is 16.3. The average molecular weight is 307 g/mol. The average Bonchev–Trinajstić information content (AvgIpc) is 3.18. The minimum absolute atomic E-state index is 0.191. The van der Waals surface area contributed by atoms with Crippen LogP contribution in [0.2, 0.25) is 0 Å². The topological polar surface area (TPSA) is 67.2 Å². The van der Waals surface area contributed by atoms with E-state index in [1.165, 1.54) is 0 Å². The van der Waals surface area contributed by atoms with Crippen molar-refractivity contribution in [2.75, 3.05) is 7.05 Å². The fourth-order valence-corrected chi connectivity index (χ4v) is 3.51. The van der Waals surface area contributed by atoms with Crippen LogP contribution in [0.4, 0.5) is 0 Å². The van der Waals surface area contributed by atoms with E-state index in [4.69, 9.17) is 0 Å². The molecule has 2 N–H and O–H groups in total. The highest BCUT2D eigenvalue weighted by Crippen LogP contribution is 2.41. The first-order chi connectivity index (χ1) is 11.1. The molecule has 5 nitrogen and oxygen atoms in total. The van der Waals surface area contributed by atoms with Crippen molar-refractivity contribution in [2.24, 2.45) is 0 Å². The Morgan fingerprint density at radius 1 is 1.30 bits per heavy atom. The van der Waals surface area contributed by atoms with Crippen LogP contribution in [-0.2, 0) is 12.1 Å². The molecule has 0 bridgehead atoms. The molecule has 23 heavy (non-hydrogen) atoms. The third-order valence-corrected chi connectivity index (χ3v) is 4.68. The summed E-state index contributed by atoms with van der Waals surface area (Å²) in [6.45, 7) is 0.686. The molecule has 1 unspecified atom stereocenters. The Kier molecular flexibility index (Phi) is 2.99. The van der Waals surface area contributed by atoms with Gasteiger partial charge in [0.25, 0.3) is 5.91 Å². The molecule has 0 saturated carbocycles. The summed E-state index contributed by atoms with van der Waals surface area (Å²) in [7, 11) is 1.61. The van der Waals surface area contributed by atoms with E-state index in [2.05, 4.69) is 10.3 Å². The molecule has 3 aromatic rings. The van der Waals surface area contributed by atoms with E-state index in [-0.39, 0.29) is 5.91 Å². The number of nitrogens with zero attached hydrogens (tertiary/aromatic N) is 2. The Hall–Kier alpha value is -2.66. The van der Waals surface area contributed by atoms with Gasteiger partial charge in [0.1, 0.15) is 5.60 Å². The molecule has 1 aliphatic heterocycles. The van der Waals surface area contributed by atoms with Gasteiger partial charge in [-0.2, -0.15) is 0 Å². The van der Waals surface area contributed by atoms with Crippen molar-refractivity contribution in [2.45, 2.75) is 18.6 Å². The first-order valence-corrected chi connectivity index (χ1v) is 7.62. The summed E-state index contributed by atoms with van der Waals surface area (Å²) in [5, 5.41) is 15.9. The van der Waals surface area contributed by atoms with E-state index in [1.54, 1.807) is 19.6 Å². The SMILES string of the molecule is CNC(=O)c1c(C2(O)CCn3cncc32)ccc2ccccc12. The minimum Gasteiger partial charge on any atom is -0.379 e. The molecule has 0 aliphatic carbocycles. The van der Waals surface area contributed by atoms with Crippen LogP contribution in [0, 0.1) is 0 Å². The van der Waals surface area contributed by atoms with Crippen LogP contribution in [0.3, 0.4) is 0 Å². The summed E-state index contributed by atoms with van der Waals surface area (Å²) in [4.78, 5) is 16.7. The zero-order valence-corrected chi connectivity index (χ0v) is 12.8. The van der Waals surface area contributed by atoms with Crippen molar-refractivity contribution in [3.63, 3.8) is 0 Å². The maximum Gasteiger partial charge on any atom is 0.252 e. The van der Waals surface area contributed by atoms with E-state index in [9.17, 15) is 9.90 Å². The second-order valence-electron chi connectivity index (χ2n) is 5.87. The number of imidazole rings is 1. The van der Waals surface area contributed by atoms with Gasteiger partial charge in [-0.25, -0.2) is 4.98 Å². The molecule has 1 amide bonds. The van der Waals surface area contributed by atoms with Crippen LogP contribution >= 0.6 is 0 Å². The zero-order chi connectivity index (χ0) is 16.0. The maximum atomic E-state index is 12.6. The van der Waals surface area contributed by atoms with Gasteiger partial charge in [0.2, 0.25) is 0 Å². The van der Waals surface area contributed by atoms with Crippen LogP contribution in [0.15, 0.2) is 48.9 Å². The monoisotopic (exact) mass is 307 g/mol. The van der Waals surface area contributed by atoms with Gasteiger partial charge in [-0.15, -0.1) is 0 Å². The van der Waals surface area contributed by atoms with E-state index in [1.807, 2.05) is 41.0 Å². The predicted octanol–water partition coefficient (Wildman–Crippen LogP) is 2.04. The van der Waals surface area contributed by atoms with Gasteiger partial charge >= 0.3 is 0 Å². The standard InChI is InChI=1S/C18H17N3O2/c1-19-17(22)16-13-5-3-2-4-12(13)6-7-14(16)18(23)8-9-21-11-20-10-15(18)21/h2-7,10-11,23H,8-9H2,1H3,(H,19,22). The first kappa shape index (κ1) is 14.0. The quantitative estimate of drug-likeness (QED) is 0.761. The number of benzene rings is 2. The number of aryl methyl sites for hydroxylation is 1.